The number of carbonyl (C=O) groups excluding carboxylic acids is 1. The van der Waals surface area contributed by atoms with E-state index in [-0.39, 0.29) is 18.3 Å². The summed E-state index contributed by atoms with van der Waals surface area (Å²) in [5.74, 6) is 0.142. The Bertz CT molecular complexity index is 660. The summed E-state index contributed by atoms with van der Waals surface area (Å²) in [6.07, 6.45) is 2.04. The Balaban J connectivity index is 0.00000192. The first-order valence-electron chi connectivity index (χ1n) is 7.54. The van der Waals surface area contributed by atoms with Gasteiger partial charge in [0.25, 0.3) is 0 Å². The second-order valence-corrected chi connectivity index (χ2v) is 6.73. The van der Waals surface area contributed by atoms with Gasteiger partial charge in [-0.25, -0.2) is 0 Å². The summed E-state index contributed by atoms with van der Waals surface area (Å²) in [4.78, 5) is 17.7. The quantitative estimate of drug-likeness (QED) is 0.861. The first kappa shape index (κ1) is 17.6. The monoisotopic (exact) mass is 351 g/mol. The van der Waals surface area contributed by atoms with E-state index in [2.05, 4.69) is 17.0 Å². The van der Waals surface area contributed by atoms with Crippen LogP contribution in [-0.2, 0) is 17.8 Å². The molecule has 2 aromatic rings. The fraction of sp³-hybridized carbons (Fsp3) is 0.353. The van der Waals surface area contributed by atoms with E-state index in [1.54, 1.807) is 16.2 Å². The normalized spacial score (nSPS) is 13.2. The van der Waals surface area contributed by atoms with Crippen molar-refractivity contribution in [2.75, 3.05) is 30.8 Å². The minimum Gasteiger partial charge on any atom is -0.398 e. The lowest BCUT2D eigenvalue weighted by Crippen LogP contribution is -2.40. The van der Waals surface area contributed by atoms with Crippen LogP contribution in [0.3, 0.4) is 0 Å². The summed E-state index contributed by atoms with van der Waals surface area (Å²) < 4.78 is 0. The number of carbonyl (C=O) groups is 1. The van der Waals surface area contributed by atoms with Crippen molar-refractivity contribution in [3.05, 3.63) is 46.2 Å². The highest BCUT2D eigenvalue weighted by molar-refractivity contribution is 7.09. The highest BCUT2D eigenvalue weighted by Crippen LogP contribution is 2.31. The Morgan fingerprint density at radius 2 is 2.17 bits per heavy atom. The summed E-state index contributed by atoms with van der Waals surface area (Å²) in [7, 11) is 1.87. The van der Waals surface area contributed by atoms with Crippen LogP contribution in [0.4, 0.5) is 11.4 Å². The fourth-order valence-corrected chi connectivity index (χ4v) is 3.66. The van der Waals surface area contributed by atoms with Crippen molar-refractivity contribution in [1.82, 2.24) is 4.90 Å². The molecule has 0 atom stereocenters. The van der Waals surface area contributed by atoms with Gasteiger partial charge in [-0.1, -0.05) is 12.1 Å². The van der Waals surface area contributed by atoms with Crippen LogP contribution in [0.15, 0.2) is 35.7 Å². The number of likely N-dealkylation sites (N-methyl/N-ethyl adjacent to an activating group) is 1. The third-order valence-electron chi connectivity index (χ3n) is 4.11. The zero-order chi connectivity index (χ0) is 15.5. The number of nitrogens with zero attached hydrogens (tertiary/aromatic N) is 2. The molecule has 3 rings (SSSR count). The van der Waals surface area contributed by atoms with E-state index in [1.807, 2.05) is 30.6 Å². The SMILES string of the molecule is CN(Cc1cccs1)C(=O)CN1CCCc2c(N)cccc21.Cl. The van der Waals surface area contributed by atoms with E-state index in [0.717, 1.165) is 30.8 Å². The molecule has 4 nitrogen and oxygen atoms in total. The number of benzene rings is 1. The second kappa shape index (κ2) is 7.70. The maximum Gasteiger partial charge on any atom is 0.242 e. The molecule has 0 saturated heterocycles. The Labute approximate surface area is 147 Å². The van der Waals surface area contributed by atoms with Crippen LogP contribution < -0.4 is 10.6 Å². The van der Waals surface area contributed by atoms with Crippen LogP contribution in [0.25, 0.3) is 0 Å². The molecule has 0 radical (unpaired) electrons. The third-order valence-corrected chi connectivity index (χ3v) is 4.97. The number of hydrogen-bond acceptors (Lipinski definition) is 4. The summed E-state index contributed by atoms with van der Waals surface area (Å²) >= 11 is 1.68. The molecule has 2 N–H and O–H groups in total. The minimum atomic E-state index is 0. The van der Waals surface area contributed by atoms with Gasteiger partial charge in [0.05, 0.1) is 13.1 Å². The number of rotatable bonds is 4. The molecule has 1 aliphatic rings. The lowest BCUT2D eigenvalue weighted by atomic mass is 10.00. The van der Waals surface area contributed by atoms with Crippen LogP contribution in [0.2, 0.25) is 0 Å². The van der Waals surface area contributed by atoms with Crippen LogP contribution in [0, 0.1) is 0 Å². The number of anilines is 2. The van der Waals surface area contributed by atoms with E-state index in [1.165, 1.54) is 10.4 Å². The average Bonchev–Trinajstić information content (AvgIpc) is 3.01. The maximum absolute atomic E-state index is 12.5. The number of fused-ring (bicyclic) bond motifs is 1. The molecule has 6 heteroatoms. The molecule has 0 fully saturated rings. The van der Waals surface area contributed by atoms with Gasteiger partial charge in [0.15, 0.2) is 0 Å². The maximum atomic E-state index is 12.5. The van der Waals surface area contributed by atoms with E-state index in [4.69, 9.17) is 5.73 Å². The molecule has 124 valence electrons. The molecule has 0 spiro atoms. The van der Waals surface area contributed by atoms with Gasteiger partial charge >= 0.3 is 0 Å². The highest BCUT2D eigenvalue weighted by Gasteiger charge is 2.22. The predicted molar refractivity (Wildman–Crippen MR) is 99.4 cm³/mol. The summed E-state index contributed by atoms with van der Waals surface area (Å²) in [6.45, 7) is 2.00. The van der Waals surface area contributed by atoms with Gasteiger partial charge in [0.2, 0.25) is 5.91 Å². The van der Waals surface area contributed by atoms with Gasteiger partial charge in [0.1, 0.15) is 0 Å². The Hall–Kier alpha value is -1.72. The topological polar surface area (TPSA) is 49.6 Å². The van der Waals surface area contributed by atoms with Gasteiger partial charge in [0, 0.05) is 29.8 Å². The van der Waals surface area contributed by atoms with Crippen molar-refractivity contribution in [2.45, 2.75) is 19.4 Å². The van der Waals surface area contributed by atoms with E-state index in [0.29, 0.717) is 13.1 Å². The first-order chi connectivity index (χ1) is 10.6. The molecular weight excluding hydrogens is 330 g/mol. The number of hydrogen-bond donors (Lipinski definition) is 1. The zero-order valence-electron chi connectivity index (χ0n) is 13.2. The van der Waals surface area contributed by atoms with Crippen LogP contribution in [-0.4, -0.2) is 30.9 Å². The zero-order valence-corrected chi connectivity index (χ0v) is 14.8. The average molecular weight is 352 g/mol. The summed E-state index contributed by atoms with van der Waals surface area (Å²) in [5, 5.41) is 2.04. The number of halogens is 1. The number of amides is 1. The van der Waals surface area contributed by atoms with Gasteiger partial charge < -0.3 is 15.5 Å². The van der Waals surface area contributed by atoms with E-state index in [9.17, 15) is 4.79 Å². The molecule has 1 aromatic carbocycles. The molecule has 0 saturated carbocycles. The highest BCUT2D eigenvalue weighted by atomic mass is 35.5. The Morgan fingerprint density at radius 3 is 2.91 bits per heavy atom. The van der Waals surface area contributed by atoms with Crippen LogP contribution in [0.5, 0.6) is 0 Å². The molecule has 1 aromatic heterocycles. The molecular formula is C17H22ClN3OS. The van der Waals surface area contributed by atoms with E-state index < -0.39 is 0 Å². The van der Waals surface area contributed by atoms with E-state index >= 15 is 0 Å². The number of nitrogen functional groups attached to an aromatic ring is 1. The van der Waals surface area contributed by atoms with Gasteiger partial charge in [-0.2, -0.15) is 0 Å². The van der Waals surface area contributed by atoms with Crippen LogP contribution >= 0.6 is 23.7 Å². The summed E-state index contributed by atoms with van der Waals surface area (Å²) in [5.41, 5.74) is 9.20. The van der Waals surface area contributed by atoms with Gasteiger partial charge in [-0.05, 0) is 42.0 Å². The Morgan fingerprint density at radius 1 is 1.35 bits per heavy atom. The molecule has 1 amide bonds. The lowest BCUT2D eigenvalue weighted by Gasteiger charge is -2.32. The van der Waals surface area contributed by atoms with Crippen molar-refractivity contribution >= 4 is 41.0 Å². The molecule has 0 bridgehead atoms. The molecule has 23 heavy (non-hydrogen) atoms. The third kappa shape index (κ3) is 3.98. The molecule has 0 aliphatic carbocycles. The fourth-order valence-electron chi connectivity index (χ4n) is 2.90. The second-order valence-electron chi connectivity index (χ2n) is 5.70. The minimum absolute atomic E-state index is 0. The van der Waals surface area contributed by atoms with Crippen molar-refractivity contribution in [3.8, 4) is 0 Å². The first-order valence-corrected chi connectivity index (χ1v) is 8.42. The largest absolute Gasteiger partial charge is 0.398 e. The number of thiophene rings is 1. The van der Waals surface area contributed by atoms with Gasteiger partial charge in [-0.15, -0.1) is 23.7 Å². The predicted octanol–water partition coefficient (Wildman–Crippen LogP) is 3.16. The van der Waals surface area contributed by atoms with Crippen molar-refractivity contribution in [1.29, 1.82) is 0 Å². The van der Waals surface area contributed by atoms with Crippen molar-refractivity contribution in [3.63, 3.8) is 0 Å². The Kier molecular flexibility index (Phi) is 5.91. The molecule has 2 heterocycles. The smallest absolute Gasteiger partial charge is 0.242 e. The summed E-state index contributed by atoms with van der Waals surface area (Å²) in [6, 6.07) is 10.0. The van der Waals surface area contributed by atoms with Crippen molar-refractivity contribution in [2.24, 2.45) is 0 Å². The lowest BCUT2D eigenvalue weighted by molar-refractivity contribution is -0.128. The molecule has 0 unspecified atom stereocenters. The number of nitrogens with two attached hydrogens (primary N) is 1. The van der Waals surface area contributed by atoms with Crippen molar-refractivity contribution < 1.29 is 4.79 Å². The standard InChI is InChI=1S/C17H21N3OS.ClH/c1-19(11-13-5-4-10-22-13)17(21)12-20-9-3-6-14-15(18)7-2-8-16(14)20;/h2,4-5,7-8,10H,3,6,9,11-12,18H2,1H3;1H. The molecule has 1 aliphatic heterocycles. The van der Waals surface area contributed by atoms with Crippen LogP contribution in [0.1, 0.15) is 16.9 Å². The van der Waals surface area contributed by atoms with Gasteiger partial charge in [-0.3, -0.25) is 4.79 Å².